The van der Waals surface area contributed by atoms with E-state index >= 15 is 0 Å². The van der Waals surface area contributed by atoms with Crippen LogP contribution in [0, 0.1) is 0 Å². The van der Waals surface area contributed by atoms with Crippen LogP contribution >= 0.6 is 11.8 Å². The third-order valence-electron chi connectivity index (χ3n) is 5.10. The first kappa shape index (κ1) is 26.2. The first-order valence-corrected chi connectivity index (χ1v) is 11.7. The van der Waals surface area contributed by atoms with Crippen LogP contribution in [0.25, 0.3) is 0 Å². The Kier molecular flexibility index (Phi) is 11.7. The van der Waals surface area contributed by atoms with Gasteiger partial charge in [0.2, 0.25) is 17.7 Å². The van der Waals surface area contributed by atoms with E-state index in [0.717, 1.165) is 5.75 Å². The van der Waals surface area contributed by atoms with Crippen molar-refractivity contribution in [2.24, 2.45) is 11.5 Å². The van der Waals surface area contributed by atoms with Crippen molar-refractivity contribution in [3.05, 3.63) is 0 Å². The zero-order valence-corrected chi connectivity index (χ0v) is 18.6. The van der Waals surface area contributed by atoms with E-state index in [1.54, 1.807) is 11.8 Å². The van der Waals surface area contributed by atoms with Crippen molar-refractivity contribution in [1.29, 1.82) is 0 Å². The molecule has 10 nitrogen and oxygen atoms in total. The second-order valence-electron chi connectivity index (χ2n) is 7.49. The van der Waals surface area contributed by atoms with Crippen LogP contribution in [0.2, 0.25) is 0 Å². The van der Waals surface area contributed by atoms with E-state index in [2.05, 4.69) is 10.6 Å². The van der Waals surface area contributed by atoms with Crippen LogP contribution in [0.5, 0.6) is 0 Å². The molecule has 3 amide bonds. The highest BCUT2D eigenvalue weighted by Crippen LogP contribution is 2.19. The molecule has 0 aliphatic carbocycles. The number of carboxylic acids is 1. The molecule has 1 aliphatic rings. The van der Waals surface area contributed by atoms with Gasteiger partial charge in [0.1, 0.15) is 18.1 Å². The van der Waals surface area contributed by atoms with Gasteiger partial charge < -0.3 is 32.1 Å². The first-order valence-electron chi connectivity index (χ1n) is 10.3. The fourth-order valence-electron chi connectivity index (χ4n) is 3.29. The molecule has 1 rings (SSSR count). The molecule has 0 radical (unpaired) electrons. The Hall–Kier alpha value is -1.85. The number of rotatable bonds is 13. The summed E-state index contributed by atoms with van der Waals surface area (Å²) in [5.74, 6) is -1.66. The molecule has 0 bridgehead atoms. The smallest absolute Gasteiger partial charge is 0.325 e. The minimum Gasteiger partial charge on any atom is -0.480 e. The molecule has 4 atom stereocenters. The zero-order chi connectivity index (χ0) is 22.7. The minimum atomic E-state index is -1.16. The molecule has 0 saturated carbocycles. The van der Waals surface area contributed by atoms with Crippen LogP contribution in [-0.4, -0.2) is 83.0 Å². The minimum absolute atomic E-state index is 0.259. The summed E-state index contributed by atoms with van der Waals surface area (Å²) in [5.41, 5.74) is 11.5. The number of nitrogens with one attached hydrogen (secondary N) is 2. The van der Waals surface area contributed by atoms with Gasteiger partial charge in [-0.15, -0.1) is 0 Å². The number of carbonyl (C=O) groups is 4. The fraction of sp³-hybridized carbons (Fsp3) is 0.789. The van der Waals surface area contributed by atoms with Crippen LogP contribution in [0.3, 0.4) is 0 Å². The Bertz CT molecular complexity index is 606. The predicted molar refractivity (Wildman–Crippen MR) is 116 cm³/mol. The van der Waals surface area contributed by atoms with Gasteiger partial charge in [0.05, 0.1) is 6.04 Å². The summed E-state index contributed by atoms with van der Waals surface area (Å²) >= 11 is 1.60. The average Bonchev–Trinajstić information content (AvgIpc) is 3.20. The highest BCUT2D eigenvalue weighted by Gasteiger charge is 2.37. The normalized spacial score (nSPS) is 19.1. The molecular weight excluding hydrogens is 410 g/mol. The van der Waals surface area contributed by atoms with Crippen LogP contribution < -0.4 is 22.1 Å². The second kappa shape index (κ2) is 13.5. The summed E-state index contributed by atoms with van der Waals surface area (Å²) in [6, 6.07) is -3.32. The third kappa shape index (κ3) is 8.11. The van der Waals surface area contributed by atoms with Crippen molar-refractivity contribution in [2.45, 2.75) is 69.6 Å². The van der Waals surface area contributed by atoms with Crippen LogP contribution in [0.15, 0.2) is 0 Å². The second-order valence-corrected chi connectivity index (χ2v) is 8.48. The van der Waals surface area contributed by atoms with Gasteiger partial charge in [-0.1, -0.05) is 0 Å². The van der Waals surface area contributed by atoms with E-state index in [-0.39, 0.29) is 5.91 Å². The van der Waals surface area contributed by atoms with Crippen LogP contribution in [0.4, 0.5) is 0 Å². The van der Waals surface area contributed by atoms with Crippen molar-refractivity contribution in [3.63, 3.8) is 0 Å². The highest BCUT2D eigenvalue weighted by atomic mass is 32.2. The zero-order valence-electron chi connectivity index (χ0n) is 17.8. The van der Waals surface area contributed by atoms with E-state index in [4.69, 9.17) is 16.6 Å². The number of aliphatic carboxylic acids is 1. The van der Waals surface area contributed by atoms with Gasteiger partial charge in [-0.25, -0.2) is 0 Å². The van der Waals surface area contributed by atoms with Gasteiger partial charge in [0.25, 0.3) is 0 Å². The molecule has 0 aromatic heterocycles. The average molecular weight is 446 g/mol. The van der Waals surface area contributed by atoms with E-state index < -0.39 is 42.0 Å². The standard InChI is InChI=1S/C19H35N5O5S/c1-12(19(28)29)22-16(25)14(6-3-4-9-20)23-17(26)15-7-5-10-24(15)18(27)13(21)8-11-30-2/h12-15H,3-11,20-21H2,1-2H3,(H,22,25)(H,23,26)(H,28,29). The molecule has 11 heteroatoms. The molecule has 1 heterocycles. The fourth-order valence-corrected chi connectivity index (χ4v) is 3.78. The van der Waals surface area contributed by atoms with Crippen molar-refractivity contribution in [2.75, 3.05) is 25.1 Å². The summed E-state index contributed by atoms with van der Waals surface area (Å²) in [7, 11) is 0. The lowest BCUT2D eigenvalue weighted by Gasteiger charge is -2.28. The maximum absolute atomic E-state index is 12.9. The van der Waals surface area contributed by atoms with Gasteiger partial charge in [0, 0.05) is 6.54 Å². The summed E-state index contributed by atoms with van der Waals surface area (Å²) in [6.07, 6.45) is 5.24. The Labute approximate surface area is 181 Å². The first-order chi connectivity index (χ1) is 14.2. The number of unbranched alkanes of at least 4 members (excludes halogenated alkanes) is 1. The number of amides is 3. The highest BCUT2D eigenvalue weighted by molar-refractivity contribution is 7.98. The Morgan fingerprint density at radius 2 is 1.90 bits per heavy atom. The molecule has 1 saturated heterocycles. The monoisotopic (exact) mass is 445 g/mol. The SMILES string of the molecule is CSCCC(N)C(=O)N1CCCC1C(=O)NC(CCCCN)C(=O)NC(C)C(=O)O. The topological polar surface area (TPSA) is 168 Å². The summed E-state index contributed by atoms with van der Waals surface area (Å²) in [5, 5.41) is 14.1. The van der Waals surface area contributed by atoms with Crippen LogP contribution in [-0.2, 0) is 19.2 Å². The van der Waals surface area contributed by atoms with E-state index in [1.165, 1.54) is 11.8 Å². The van der Waals surface area contributed by atoms with Gasteiger partial charge in [0.15, 0.2) is 0 Å². The molecule has 0 aromatic carbocycles. The molecule has 30 heavy (non-hydrogen) atoms. The molecular formula is C19H35N5O5S. The molecule has 0 spiro atoms. The molecule has 0 aromatic rings. The predicted octanol–water partition coefficient (Wildman–Crippen LogP) is -0.739. The number of thioether (sulfide) groups is 1. The summed E-state index contributed by atoms with van der Waals surface area (Å²) in [6.45, 7) is 2.25. The van der Waals surface area contributed by atoms with E-state index in [9.17, 15) is 19.2 Å². The van der Waals surface area contributed by atoms with Gasteiger partial charge >= 0.3 is 5.97 Å². The molecule has 172 valence electrons. The lowest BCUT2D eigenvalue weighted by atomic mass is 10.1. The van der Waals surface area contributed by atoms with E-state index in [0.29, 0.717) is 51.6 Å². The van der Waals surface area contributed by atoms with Gasteiger partial charge in [-0.2, -0.15) is 11.8 Å². The van der Waals surface area contributed by atoms with Crippen molar-refractivity contribution < 1.29 is 24.3 Å². The van der Waals surface area contributed by atoms with Crippen molar-refractivity contribution >= 4 is 35.5 Å². The molecule has 7 N–H and O–H groups in total. The number of carbonyl (C=O) groups excluding carboxylic acids is 3. The maximum Gasteiger partial charge on any atom is 0.325 e. The lowest BCUT2D eigenvalue weighted by molar-refractivity contribution is -0.142. The number of likely N-dealkylation sites (tertiary alicyclic amines) is 1. The Morgan fingerprint density at radius 1 is 1.20 bits per heavy atom. The Balaban J connectivity index is 2.81. The number of nitrogens with two attached hydrogens (primary N) is 2. The molecule has 1 aliphatic heterocycles. The largest absolute Gasteiger partial charge is 0.480 e. The van der Waals surface area contributed by atoms with E-state index in [1.807, 2.05) is 6.26 Å². The molecule has 4 unspecified atom stereocenters. The quantitative estimate of drug-likeness (QED) is 0.231. The van der Waals surface area contributed by atoms with Crippen molar-refractivity contribution in [1.82, 2.24) is 15.5 Å². The summed E-state index contributed by atoms with van der Waals surface area (Å²) in [4.78, 5) is 50.6. The molecule has 1 fully saturated rings. The van der Waals surface area contributed by atoms with Crippen LogP contribution in [0.1, 0.15) is 45.4 Å². The van der Waals surface area contributed by atoms with Crippen molar-refractivity contribution in [3.8, 4) is 0 Å². The van der Waals surface area contributed by atoms with Gasteiger partial charge in [-0.3, -0.25) is 19.2 Å². The number of hydrogen-bond acceptors (Lipinski definition) is 7. The number of carboxylic acid groups (broad SMARTS) is 1. The number of nitrogens with zero attached hydrogens (tertiary/aromatic N) is 1. The maximum atomic E-state index is 12.9. The van der Waals surface area contributed by atoms with Gasteiger partial charge in [-0.05, 0) is 64.0 Å². The lowest BCUT2D eigenvalue weighted by Crippen LogP contribution is -2.56. The third-order valence-corrected chi connectivity index (χ3v) is 5.74. The Morgan fingerprint density at radius 3 is 2.50 bits per heavy atom. The summed E-state index contributed by atoms with van der Waals surface area (Å²) < 4.78 is 0. The number of hydrogen-bond donors (Lipinski definition) is 5.